The fourth-order valence-electron chi connectivity index (χ4n) is 1.77. The summed E-state index contributed by atoms with van der Waals surface area (Å²) in [6, 6.07) is 5.46. The highest BCUT2D eigenvalue weighted by atomic mass is 32.1. The second-order valence-electron chi connectivity index (χ2n) is 3.85. The lowest BCUT2D eigenvalue weighted by Crippen LogP contribution is -2.23. The van der Waals surface area contributed by atoms with Crippen LogP contribution in [0, 0.1) is 5.82 Å². The summed E-state index contributed by atoms with van der Waals surface area (Å²) in [7, 11) is 0. The van der Waals surface area contributed by atoms with Gasteiger partial charge in [0.2, 0.25) is 0 Å². The lowest BCUT2D eigenvalue weighted by molar-refractivity contribution is 0.532. The largest absolute Gasteiger partial charge is 0.309 e. The summed E-state index contributed by atoms with van der Waals surface area (Å²) in [6.45, 7) is 2.93. The van der Waals surface area contributed by atoms with E-state index in [1.807, 2.05) is 0 Å². The van der Waals surface area contributed by atoms with Crippen molar-refractivity contribution in [3.8, 4) is 0 Å². The Bertz CT molecular complexity index is 439. The quantitative estimate of drug-likeness (QED) is 0.881. The first-order valence-corrected chi connectivity index (χ1v) is 6.59. The maximum atomic E-state index is 12.8. The van der Waals surface area contributed by atoms with Gasteiger partial charge in [0.25, 0.3) is 0 Å². The van der Waals surface area contributed by atoms with Gasteiger partial charge >= 0.3 is 0 Å². The third-order valence-electron chi connectivity index (χ3n) is 2.58. The van der Waals surface area contributed by atoms with Crippen molar-refractivity contribution in [3.63, 3.8) is 0 Å². The van der Waals surface area contributed by atoms with E-state index in [-0.39, 0.29) is 11.9 Å². The van der Waals surface area contributed by atoms with E-state index in [1.165, 1.54) is 17.8 Å². The zero-order chi connectivity index (χ0) is 12.1. The number of halogens is 1. The molecule has 0 aliphatic carbocycles. The van der Waals surface area contributed by atoms with Crippen LogP contribution in [0.2, 0.25) is 0 Å². The molecule has 2 aromatic rings. The summed E-state index contributed by atoms with van der Waals surface area (Å²) >= 11 is 1.69. The molecule has 0 aliphatic heterocycles. The van der Waals surface area contributed by atoms with Crippen LogP contribution in [0.1, 0.15) is 24.2 Å². The van der Waals surface area contributed by atoms with Gasteiger partial charge in [-0.25, -0.2) is 4.39 Å². The second-order valence-corrected chi connectivity index (χ2v) is 4.63. The molecule has 2 aromatic heterocycles. The van der Waals surface area contributed by atoms with Gasteiger partial charge in [0.15, 0.2) is 0 Å². The molecular weight excluding hydrogens is 235 g/mol. The number of hydrogen-bond acceptors (Lipinski definition) is 3. The molecule has 90 valence electrons. The lowest BCUT2D eigenvalue weighted by atomic mass is 10.1. The Morgan fingerprint density at radius 3 is 2.88 bits per heavy atom. The molecule has 0 spiro atoms. The normalized spacial score (nSPS) is 12.6. The number of hydrogen-bond donors (Lipinski definition) is 1. The third kappa shape index (κ3) is 3.35. The molecule has 1 N–H and O–H groups in total. The van der Waals surface area contributed by atoms with Gasteiger partial charge in [0.1, 0.15) is 5.82 Å². The molecule has 0 bridgehead atoms. The predicted octanol–water partition coefficient (Wildman–Crippen LogP) is 3.18. The highest BCUT2D eigenvalue weighted by molar-refractivity contribution is 7.07. The smallest absolute Gasteiger partial charge is 0.141 e. The SMILES string of the molecule is CCNC(Cc1ccsc1)c1ccc(F)cn1. The zero-order valence-electron chi connectivity index (χ0n) is 9.69. The molecule has 1 atom stereocenters. The van der Waals surface area contributed by atoms with E-state index in [4.69, 9.17) is 0 Å². The number of nitrogens with zero attached hydrogens (tertiary/aromatic N) is 1. The van der Waals surface area contributed by atoms with Crippen LogP contribution >= 0.6 is 11.3 Å². The predicted molar refractivity (Wildman–Crippen MR) is 68.6 cm³/mol. The van der Waals surface area contributed by atoms with Crippen LogP contribution in [0.5, 0.6) is 0 Å². The van der Waals surface area contributed by atoms with Gasteiger partial charge in [0, 0.05) is 0 Å². The highest BCUT2D eigenvalue weighted by Crippen LogP contribution is 2.18. The number of thiophene rings is 1. The van der Waals surface area contributed by atoms with Crippen molar-refractivity contribution in [1.82, 2.24) is 10.3 Å². The summed E-state index contributed by atoms with van der Waals surface area (Å²) in [6.07, 6.45) is 2.16. The van der Waals surface area contributed by atoms with E-state index >= 15 is 0 Å². The van der Waals surface area contributed by atoms with Crippen molar-refractivity contribution >= 4 is 11.3 Å². The Morgan fingerprint density at radius 1 is 1.41 bits per heavy atom. The molecule has 0 saturated carbocycles. The Hall–Kier alpha value is -1.26. The van der Waals surface area contributed by atoms with Crippen LogP contribution in [0.4, 0.5) is 4.39 Å². The fourth-order valence-corrected chi connectivity index (χ4v) is 2.45. The Morgan fingerprint density at radius 2 is 2.29 bits per heavy atom. The maximum Gasteiger partial charge on any atom is 0.141 e. The van der Waals surface area contributed by atoms with Crippen LogP contribution in [0.3, 0.4) is 0 Å². The maximum absolute atomic E-state index is 12.8. The van der Waals surface area contributed by atoms with Crippen molar-refractivity contribution in [1.29, 1.82) is 0 Å². The van der Waals surface area contributed by atoms with Crippen molar-refractivity contribution in [2.75, 3.05) is 6.54 Å². The van der Waals surface area contributed by atoms with Crippen molar-refractivity contribution < 1.29 is 4.39 Å². The molecule has 2 rings (SSSR count). The van der Waals surface area contributed by atoms with Crippen molar-refractivity contribution in [2.45, 2.75) is 19.4 Å². The van der Waals surface area contributed by atoms with E-state index < -0.39 is 0 Å². The van der Waals surface area contributed by atoms with Gasteiger partial charge < -0.3 is 5.32 Å². The third-order valence-corrected chi connectivity index (χ3v) is 3.31. The first kappa shape index (κ1) is 12.2. The van der Waals surface area contributed by atoms with Gasteiger partial charge in [-0.15, -0.1) is 0 Å². The summed E-state index contributed by atoms with van der Waals surface area (Å²) in [5.74, 6) is -0.292. The van der Waals surface area contributed by atoms with Crippen LogP contribution in [0.15, 0.2) is 35.2 Å². The number of pyridine rings is 1. The average molecular weight is 250 g/mol. The molecule has 0 aliphatic rings. The number of likely N-dealkylation sites (N-methyl/N-ethyl adjacent to an activating group) is 1. The van der Waals surface area contributed by atoms with Crippen molar-refractivity contribution in [3.05, 3.63) is 52.2 Å². The Labute approximate surface area is 105 Å². The van der Waals surface area contributed by atoms with Gasteiger partial charge in [-0.1, -0.05) is 6.92 Å². The number of nitrogens with one attached hydrogen (secondary N) is 1. The molecule has 0 radical (unpaired) electrons. The molecule has 17 heavy (non-hydrogen) atoms. The Balaban J connectivity index is 2.13. The molecule has 2 heterocycles. The van der Waals surface area contributed by atoms with Gasteiger partial charge in [-0.2, -0.15) is 11.3 Å². The number of aromatic nitrogens is 1. The van der Waals surface area contributed by atoms with E-state index in [9.17, 15) is 4.39 Å². The molecule has 0 aromatic carbocycles. The minimum absolute atomic E-state index is 0.148. The molecule has 1 unspecified atom stereocenters. The fraction of sp³-hybridized carbons (Fsp3) is 0.308. The van der Waals surface area contributed by atoms with Gasteiger partial charge in [-0.3, -0.25) is 4.98 Å². The number of rotatable bonds is 5. The van der Waals surface area contributed by atoms with Crippen molar-refractivity contribution in [2.24, 2.45) is 0 Å². The summed E-state index contributed by atoms with van der Waals surface area (Å²) in [4.78, 5) is 4.14. The standard InChI is InChI=1S/C13H15FN2S/c1-2-15-13(7-10-5-6-17-9-10)12-4-3-11(14)8-16-12/h3-6,8-9,13,15H,2,7H2,1H3. The van der Waals surface area contributed by atoms with Crippen LogP contribution < -0.4 is 5.32 Å². The first-order chi connectivity index (χ1) is 8.29. The van der Waals surface area contributed by atoms with Crippen LogP contribution in [-0.2, 0) is 6.42 Å². The topological polar surface area (TPSA) is 24.9 Å². The van der Waals surface area contributed by atoms with E-state index in [0.717, 1.165) is 18.7 Å². The molecule has 0 saturated heterocycles. The van der Waals surface area contributed by atoms with E-state index in [2.05, 4.69) is 34.1 Å². The monoisotopic (exact) mass is 250 g/mol. The second kappa shape index (κ2) is 5.89. The van der Waals surface area contributed by atoms with E-state index in [0.29, 0.717) is 0 Å². The van der Waals surface area contributed by atoms with Crippen LogP contribution in [0.25, 0.3) is 0 Å². The minimum atomic E-state index is -0.292. The zero-order valence-corrected chi connectivity index (χ0v) is 10.5. The molecule has 0 amide bonds. The Kier molecular flexibility index (Phi) is 4.23. The summed E-state index contributed by atoms with van der Waals surface area (Å²) < 4.78 is 12.8. The molecule has 2 nitrogen and oxygen atoms in total. The van der Waals surface area contributed by atoms with Crippen LogP contribution in [-0.4, -0.2) is 11.5 Å². The minimum Gasteiger partial charge on any atom is -0.309 e. The molecule has 4 heteroatoms. The summed E-state index contributed by atoms with van der Waals surface area (Å²) in [5.41, 5.74) is 2.17. The lowest BCUT2D eigenvalue weighted by Gasteiger charge is -2.16. The molecular formula is C13H15FN2S. The first-order valence-electron chi connectivity index (χ1n) is 5.65. The average Bonchev–Trinajstić information content (AvgIpc) is 2.82. The molecule has 0 fully saturated rings. The highest BCUT2D eigenvalue weighted by Gasteiger charge is 2.12. The van der Waals surface area contributed by atoms with E-state index in [1.54, 1.807) is 17.4 Å². The summed E-state index contributed by atoms with van der Waals surface area (Å²) in [5, 5.41) is 7.58. The van der Waals surface area contributed by atoms with Gasteiger partial charge in [-0.05, 0) is 47.5 Å². The van der Waals surface area contributed by atoms with Gasteiger partial charge in [0.05, 0.1) is 17.9 Å².